The van der Waals surface area contributed by atoms with Crippen molar-refractivity contribution in [1.29, 1.82) is 0 Å². The summed E-state index contributed by atoms with van der Waals surface area (Å²) in [7, 11) is 1.61. The molecule has 3 rings (SSSR count). The van der Waals surface area contributed by atoms with Gasteiger partial charge in [-0.1, -0.05) is 30.8 Å². The smallest absolute Gasteiger partial charge is 0.272 e. The van der Waals surface area contributed by atoms with Gasteiger partial charge in [0.2, 0.25) is 5.91 Å². The van der Waals surface area contributed by atoms with Gasteiger partial charge in [0.25, 0.3) is 5.56 Å². The molecule has 6 nitrogen and oxygen atoms in total. The van der Waals surface area contributed by atoms with Crippen molar-refractivity contribution in [3.8, 4) is 5.75 Å². The second kappa shape index (κ2) is 9.05. The lowest BCUT2D eigenvalue weighted by molar-refractivity contribution is -0.118. The van der Waals surface area contributed by atoms with Crippen LogP contribution in [0.4, 0.5) is 0 Å². The number of amides is 1. The van der Waals surface area contributed by atoms with E-state index in [2.05, 4.69) is 10.3 Å². The quantitative estimate of drug-likeness (QED) is 0.462. The van der Waals surface area contributed by atoms with Gasteiger partial charge in [-0.3, -0.25) is 14.2 Å². The molecule has 0 unspecified atom stereocenters. The first-order valence-corrected chi connectivity index (χ1v) is 10.5. The maximum Gasteiger partial charge on any atom is 0.272 e. The Kier molecular flexibility index (Phi) is 6.52. The molecule has 142 valence electrons. The molecule has 2 heterocycles. The van der Waals surface area contributed by atoms with Gasteiger partial charge in [0.05, 0.1) is 24.9 Å². The summed E-state index contributed by atoms with van der Waals surface area (Å²) in [6, 6.07) is 9.42. The van der Waals surface area contributed by atoms with Crippen LogP contribution in [0.15, 0.2) is 45.7 Å². The van der Waals surface area contributed by atoms with Crippen LogP contribution in [0.3, 0.4) is 0 Å². The van der Waals surface area contributed by atoms with Gasteiger partial charge < -0.3 is 10.1 Å². The molecule has 0 radical (unpaired) electrons. The third-order valence-electron chi connectivity index (χ3n) is 3.91. The SMILES string of the molecule is CCCNC(=O)CSc1nc2ccsc2c(=O)n1Cc1cccc(OC)c1. The van der Waals surface area contributed by atoms with E-state index in [9.17, 15) is 9.59 Å². The van der Waals surface area contributed by atoms with E-state index >= 15 is 0 Å². The lowest BCUT2D eigenvalue weighted by Gasteiger charge is -2.13. The topological polar surface area (TPSA) is 73.2 Å². The zero-order valence-corrected chi connectivity index (χ0v) is 16.9. The molecule has 0 aliphatic rings. The van der Waals surface area contributed by atoms with E-state index in [1.807, 2.05) is 42.6 Å². The molecule has 0 bridgehead atoms. The number of benzene rings is 1. The Morgan fingerprint density at radius 3 is 3.00 bits per heavy atom. The number of thioether (sulfide) groups is 1. The summed E-state index contributed by atoms with van der Waals surface area (Å²) in [5.41, 5.74) is 1.52. The molecular weight excluding hydrogens is 382 g/mol. The molecule has 0 aliphatic heterocycles. The molecule has 1 amide bonds. The summed E-state index contributed by atoms with van der Waals surface area (Å²) in [5, 5.41) is 5.24. The minimum Gasteiger partial charge on any atom is -0.497 e. The van der Waals surface area contributed by atoms with Crippen molar-refractivity contribution in [2.75, 3.05) is 19.4 Å². The number of carbonyl (C=O) groups is 1. The van der Waals surface area contributed by atoms with Crippen LogP contribution in [0.25, 0.3) is 10.2 Å². The van der Waals surface area contributed by atoms with Crippen LogP contribution in [0.2, 0.25) is 0 Å². The van der Waals surface area contributed by atoms with Crippen LogP contribution in [-0.2, 0) is 11.3 Å². The number of thiophene rings is 1. The minimum atomic E-state index is -0.0886. The number of carbonyl (C=O) groups excluding carboxylic acids is 1. The number of rotatable bonds is 8. The standard InChI is InChI=1S/C19H21N3O3S2/c1-3-8-20-16(23)12-27-19-21-15-7-9-26-17(15)18(24)22(19)11-13-5-4-6-14(10-13)25-2/h4-7,9-10H,3,8,11-12H2,1-2H3,(H,20,23). The maximum atomic E-state index is 13.0. The van der Waals surface area contributed by atoms with E-state index in [0.29, 0.717) is 28.5 Å². The first-order chi connectivity index (χ1) is 13.1. The largest absolute Gasteiger partial charge is 0.497 e. The second-order valence-corrected chi connectivity index (χ2v) is 7.77. The van der Waals surface area contributed by atoms with Crippen LogP contribution < -0.4 is 15.6 Å². The molecule has 1 aromatic carbocycles. The monoisotopic (exact) mass is 403 g/mol. The highest BCUT2D eigenvalue weighted by Gasteiger charge is 2.14. The molecular formula is C19H21N3O3S2. The predicted octanol–water partition coefficient (Wildman–Crippen LogP) is 3.13. The van der Waals surface area contributed by atoms with E-state index in [4.69, 9.17) is 4.74 Å². The van der Waals surface area contributed by atoms with E-state index in [0.717, 1.165) is 17.7 Å². The number of fused-ring (bicyclic) bond motifs is 1. The average Bonchev–Trinajstić information content (AvgIpc) is 3.16. The Hall–Kier alpha value is -2.32. The first-order valence-electron chi connectivity index (χ1n) is 8.63. The minimum absolute atomic E-state index is 0.0607. The Labute approximate surface area is 165 Å². The van der Waals surface area contributed by atoms with Crippen molar-refractivity contribution in [3.63, 3.8) is 0 Å². The molecule has 2 aromatic heterocycles. The molecule has 0 saturated carbocycles. The van der Waals surface area contributed by atoms with Crippen molar-refractivity contribution in [2.45, 2.75) is 25.0 Å². The Morgan fingerprint density at radius 2 is 2.22 bits per heavy atom. The lowest BCUT2D eigenvalue weighted by atomic mass is 10.2. The Morgan fingerprint density at radius 1 is 1.37 bits per heavy atom. The van der Waals surface area contributed by atoms with Crippen LogP contribution in [-0.4, -0.2) is 34.9 Å². The number of hydrogen-bond donors (Lipinski definition) is 1. The van der Waals surface area contributed by atoms with Crippen LogP contribution >= 0.6 is 23.1 Å². The highest BCUT2D eigenvalue weighted by Crippen LogP contribution is 2.22. The highest BCUT2D eigenvalue weighted by molar-refractivity contribution is 7.99. The Bertz CT molecular complexity index is 997. The van der Waals surface area contributed by atoms with Gasteiger partial charge in [0.1, 0.15) is 10.4 Å². The molecule has 0 aliphatic carbocycles. The predicted molar refractivity (Wildman–Crippen MR) is 110 cm³/mol. The zero-order chi connectivity index (χ0) is 19.2. The summed E-state index contributed by atoms with van der Waals surface area (Å²) in [4.78, 5) is 29.6. The number of hydrogen-bond acceptors (Lipinski definition) is 6. The molecule has 27 heavy (non-hydrogen) atoms. The van der Waals surface area contributed by atoms with Gasteiger partial charge >= 0.3 is 0 Å². The van der Waals surface area contributed by atoms with Crippen molar-refractivity contribution in [2.24, 2.45) is 0 Å². The van der Waals surface area contributed by atoms with Gasteiger partial charge in [-0.05, 0) is 35.6 Å². The fraction of sp³-hybridized carbons (Fsp3) is 0.316. The first kappa shape index (κ1) is 19.4. The van der Waals surface area contributed by atoms with Gasteiger partial charge in [-0.25, -0.2) is 4.98 Å². The molecule has 0 saturated heterocycles. The van der Waals surface area contributed by atoms with E-state index < -0.39 is 0 Å². The molecule has 8 heteroatoms. The lowest BCUT2D eigenvalue weighted by Crippen LogP contribution is -2.27. The average molecular weight is 404 g/mol. The highest BCUT2D eigenvalue weighted by atomic mass is 32.2. The van der Waals surface area contributed by atoms with Gasteiger partial charge in [-0.15, -0.1) is 11.3 Å². The molecule has 0 fully saturated rings. The summed E-state index contributed by atoms with van der Waals surface area (Å²) < 4.78 is 7.52. The molecule has 0 spiro atoms. The Balaban J connectivity index is 1.92. The maximum absolute atomic E-state index is 13.0. The number of aromatic nitrogens is 2. The fourth-order valence-electron chi connectivity index (χ4n) is 2.57. The van der Waals surface area contributed by atoms with Crippen LogP contribution in [0.5, 0.6) is 5.75 Å². The van der Waals surface area contributed by atoms with Gasteiger partial charge in [0.15, 0.2) is 5.16 Å². The number of nitrogens with one attached hydrogen (secondary N) is 1. The summed E-state index contributed by atoms with van der Waals surface area (Å²) >= 11 is 2.66. The fourth-order valence-corrected chi connectivity index (χ4v) is 4.18. The summed E-state index contributed by atoms with van der Waals surface area (Å²) in [5.74, 6) is 0.897. The molecule has 3 aromatic rings. The molecule has 0 atom stereocenters. The normalized spacial score (nSPS) is 10.9. The van der Waals surface area contributed by atoms with Crippen molar-refractivity contribution >= 4 is 39.2 Å². The van der Waals surface area contributed by atoms with Crippen LogP contribution in [0, 0.1) is 0 Å². The van der Waals surface area contributed by atoms with E-state index in [1.165, 1.54) is 23.1 Å². The summed E-state index contributed by atoms with van der Waals surface area (Å²) in [6.45, 7) is 3.02. The van der Waals surface area contributed by atoms with E-state index in [-0.39, 0.29) is 17.2 Å². The second-order valence-electron chi connectivity index (χ2n) is 5.91. The molecule has 1 N–H and O–H groups in total. The third kappa shape index (κ3) is 4.70. The number of ether oxygens (including phenoxy) is 1. The van der Waals surface area contributed by atoms with Crippen molar-refractivity contribution < 1.29 is 9.53 Å². The van der Waals surface area contributed by atoms with E-state index in [1.54, 1.807) is 11.7 Å². The number of methoxy groups -OCH3 is 1. The van der Waals surface area contributed by atoms with Crippen molar-refractivity contribution in [1.82, 2.24) is 14.9 Å². The zero-order valence-electron chi connectivity index (χ0n) is 15.2. The van der Waals surface area contributed by atoms with Crippen molar-refractivity contribution in [3.05, 3.63) is 51.6 Å². The van der Waals surface area contributed by atoms with Gasteiger partial charge in [0, 0.05) is 6.54 Å². The summed E-state index contributed by atoms with van der Waals surface area (Å²) in [6.07, 6.45) is 0.885. The number of nitrogens with zero attached hydrogens (tertiary/aromatic N) is 2. The van der Waals surface area contributed by atoms with Gasteiger partial charge in [-0.2, -0.15) is 0 Å². The third-order valence-corrected chi connectivity index (χ3v) is 5.78. The van der Waals surface area contributed by atoms with Crippen LogP contribution in [0.1, 0.15) is 18.9 Å².